The van der Waals surface area contributed by atoms with E-state index >= 15 is 0 Å². The average Bonchev–Trinajstić information content (AvgIpc) is 2.29. The number of nitrogens with two attached hydrogens (primary N) is 1. The highest BCUT2D eigenvalue weighted by molar-refractivity contribution is 5.66. The van der Waals surface area contributed by atoms with Gasteiger partial charge in [0.15, 0.2) is 0 Å². The van der Waals surface area contributed by atoms with Gasteiger partial charge in [0, 0.05) is 11.3 Å². The number of anilines is 1. The maximum absolute atomic E-state index is 13.6. The van der Waals surface area contributed by atoms with E-state index in [4.69, 9.17) is 10.8 Å². The Morgan fingerprint density at radius 2 is 1.75 bits per heavy atom. The van der Waals surface area contributed by atoms with Gasteiger partial charge in [-0.3, -0.25) is 0 Å². The minimum Gasteiger partial charge on any atom is -0.399 e. The van der Waals surface area contributed by atoms with Crippen molar-refractivity contribution in [3.8, 4) is 11.1 Å². The predicted octanol–water partition coefficient (Wildman–Crippen LogP) is 2.57. The Bertz CT molecular complexity index is 494. The third-order valence-corrected chi connectivity index (χ3v) is 2.44. The van der Waals surface area contributed by atoms with Gasteiger partial charge in [-0.15, -0.1) is 0 Å². The van der Waals surface area contributed by atoms with Gasteiger partial charge in [0.25, 0.3) is 0 Å². The summed E-state index contributed by atoms with van der Waals surface area (Å²) in [6.45, 7) is -0.00942. The molecule has 0 bridgehead atoms. The van der Waals surface area contributed by atoms with E-state index in [9.17, 15) is 4.39 Å². The molecule has 0 heterocycles. The summed E-state index contributed by atoms with van der Waals surface area (Å²) >= 11 is 0. The molecule has 2 aromatic carbocycles. The molecule has 2 rings (SSSR count). The van der Waals surface area contributed by atoms with E-state index in [0.717, 1.165) is 11.1 Å². The molecule has 0 aliphatic heterocycles. The van der Waals surface area contributed by atoms with Crippen LogP contribution in [0.4, 0.5) is 10.1 Å². The molecule has 0 fully saturated rings. The van der Waals surface area contributed by atoms with Gasteiger partial charge in [-0.2, -0.15) is 0 Å². The van der Waals surface area contributed by atoms with E-state index in [-0.39, 0.29) is 12.4 Å². The maximum atomic E-state index is 13.6. The Morgan fingerprint density at radius 1 is 1.06 bits per heavy atom. The number of benzene rings is 2. The van der Waals surface area contributed by atoms with Crippen LogP contribution in [0.15, 0.2) is 42.5 Å². The molecule has 0 unspecified atom stereocenters. The van der Waals surface area contributed by atoms with E-state index in [0.29, 0.717) is 11.3 Å². The van der Waals surface area contributed by atoms with Crippen LogP contribution in [0, 0.1) is 5.82 Å². The molecule has 82 valence electrons. The van der Waals surface area contributed by atoms with Crippen molar-refractivity contribution >= 4 is 5.69 Å². The molecule has 0 atom stereocenters. The molecule has 0 aliphatic rings. The highest BCUT2D eigenvalue weighted by Gasteiger charge is 2.04. The van der Waals surface area contributed by atoms with Crippen molar-refractivity contribution < 1.29 is 9.50 Å². The summed E-state index contributed by atoms with van der Waals surface area (Å²) in [5.74, 6) is -0.336. The first-order valence-electron chi connectivity index (χ1n) is 4.96. The summed E-state index contributed by atoms with van der Waals surface area (Å²) in [6, 6.07) is 11.7. The molecule has 0 saturated heterocycles. The van der Waals surface area contributed by atoms with E-state index in [1.165, 1.54) is 6.07 Å². The summed E-state index contributed by atoms with van der Waals surface area (Å²) in [6.07, 6.45) is 0. The summed E-state index contributed by atoms with van der Waals surface area (Å²) < 4.78 is 13.6. The molecule has 0 aliphatic carbocycles. The fourth-order valence-corrected chi connectivity index (χ4v) is 1.56. The van der Waals surface area contributed by atoms with E-state index in [1.807, 2.05) is 0 Å². The molecule has 16 heavy (non-hydrogen) atoms. The van der Waals surface area contributed by atoms with Crippen molar-refractivity contribution in [1.29, 1.82) is 0 Å². The summed E-state index contributed by atoms with van der Waals surface area (Å²) in [4.78, 5) is 0. The van der Waals surface area contributed by atoms with Crippen molar-refractivity contribution in [3.05, 3.63) is 53.8 Å². The Balaban J connectivity index is 2.42. The minimum atomic E-state index is -0.336. The van der Waals surface area contributed by atoms with Crippen LogP contribution in [0.3, 0.4) is 0 Å². The largest absolute Gasteiger partial charge is 0.399 e. The Morgan fingerprint density at radius 3 is 2.31 bits per heavy atom. The average molecular weight is 217 g/mol. The molecule has 3 heteroatoms. The number of aliphatic hydroxyl groups is 1. The summed E-state index contributed by atoms with van der Waals surface area (Å²) in [5, 5.41) is 8.90. The smallest absolute Gasteiger partial charge is 0.133 e. The fourth-order valence-electron chi connectivity index (χ4n) is 1.56. The quantitative estimate of drug-likeness (QED) is 0.759. The lowest BCUT2D eigenvalue weighted by Gasteiger charge is -2.05. The molecular weight excluding hydrogens is 205 g/mol. The molecule has 0 radical (unpaired) electrons. The molecule has 2 nitrogen and oxygen atoms in total. The van der Waals surface area contributed by atoms with Crippen molar-refractivity contribution in [1.82, 2.24) is 0 Å². The van der Waals surface area contributed by atoms with Crippen LogP contribution in [0.5, 0.6) is 0 Å². The van der Waals surface area contributed by atoms with Gasteiger partial charge >= 0.3 is 0 Å². The molecule has 0 aromatic heterocycles. The van der Waals surface area contributed by atoms with Crippen molar-refractivity contribution in [2.75, 3.05) is 5.73 Å². The molecule has 0 spiro atoms. The molecule has 0 saturated carbocycles. The standard InChI is InChI=1S/C13H12FNO/c14-13-7-11(15)5-6-12(13)10-3-1-9(8-16)2-4-10/h1-7,16H,8,15H2. The third kappa shape index (κ3) is 2.04. The second-order valence-electron chi connectivity index (χ2n) is 3.59. The van der Waals surface area contributed by atoms with Crippen LogP contribution >= 0.6 is 0 Å². The molecule has 3 N–H and O–H groups in total. The Labute approximate surface area is 93.2 Å². The first-order valence-corrected chi connectivity index (χ1v) is 4.96. The van der Waals surface area contributed by atoms with Gasteiger partial charge in [0.1, 0.15) is 5.82 Å². The van der Waals surface area contributed by atoms with Gasteiger partial charge in [-0.1, -0.05) is 24.3 Å². The SMILES string of the molecule is Nc1ccc(-c2ccc(CO)cc2)c(F)c1. The Kier molecular flexibility index (Phi) is 2.88. The van der Waals surface area contributed by atoms with Crippen LogP contribution in [0.25, 0.3) is 11.1 Å². The van der Waals surface area contributed by atoms with Crippen LogP contribution in [0.2, 0.25) is 0 Å². The lowest BCUT2D eigenvalue weighted by atomic mass is 10.0. The zero-order valence-electron chi connectivity index (χ0n) is 8.65. The molecular formula is C13H12FNO. The highest BCUT2D eigenvalue weighted by Crippen LogP contribution is 2.24. The molecule has 0 amide bonds. The first kappa shape index (κ1) is 10.6. The minimum absolute atomic E-state index is 0.00942. The third-order valence-electron chi connectivity index (χ3n) is 2.44. The maximum Gasteiger partial charge on any atom is 0.133 e. The molecule has 2 aromatic rings. The Hall–Kier alpha value is -1.87. The van der Waals surface area contributed by atoms with Crippen LogP contribution in [-0.4, -0.2) is 5.11 Å². The summed E-state index contributed by atoms with van der Waals surface area (Å²) in [7, 11) is 0. The van der Waals surface area contributed by atoms with Crippen LogP contribution < -0.4 is 5.73 Å². The first-order chi connectivity index (χ1) is 7.70. The van der Waals surface area contributed by atoms with Crippen LogP contribution in [0.1, 0.15) is 5.56 Å². The van der Waals surface area contributed by atoms with Gasteiger partial charge in [-0.05, 0) is 29.3 Å². The predicted molar refractivity (Wildman–Crippen MR) is 62.2 cm³/mol. The number of halogens is 1. The lowest BCUT2D eigenvalue weighted by molar-refractivity contribution is 0.282. The zero-order chi connectivity index (χ0) is 11.5. The second kappa shape index (κ2) is 4.33. The van der Waals surface area contributed by atoms with E-state index in [2.05, 4.69) is 0 Å². The topological polar surface area (TPSA) is 46.2 Å². The van der Waals surface area contributed by atoms with Crippen molar-refractivity contribution in [3.63, 3.8) is 0 Å². The van der Waals surface area contributed by atoms with Crippen molar-refractivity contribution in [2.24, 2.45) is 0 Å². The second-order valence-corrected chi connectivity index (χ2v) is 3.59. The van der Waals surface area contributed by atoms with Gasteiger partial charge in [0.05, 0.1) is 6.61 Å². The van der Waals surface area contributed by atoms with E-state index < -0.39 is 0 Å². The van der Waals surface area contributed by atoms with Gasteiger partial charge in [0.2, 0.25) is 0 Å². The summed E-state index contributed by atoms with van der Waals surface area (Å²) in [5.41, 5.74) is 7.98. The normalized spacial score (nSPS) is 10.4. The zero-order valence-corrected chi connectivity index (χ0v) is 8.65. The van der Waals surface area contributed by atoms with Gasteiger partial charge < -0.3 is 10.8 Å². The number of hydrogen-bond donors (Lipinski definition) is 2. The lowest BCUT2D eigenvalue weighted by Crippen LogP contribution is -1.90. The highest BCUT2D eigenvalue weighted by atomic mass is 19.1. The van der Waals surface area contributed by atoms with Crippen molar-refractivity contribution in [2.45, 2.75) is 6.61 Å². The number of hydrogen-bond acceptors (Lipinski definition) is 2. The van der Waals surface area contributed by atoms with E-state index in [1.54, 1.807) is 36.4 Å². The fraction of sp³-hybridized carbons (Fsp3) is 0.0769. The number of nitrogen functional groups attached to an aromatic ring is 1. The monoisotopic (exact) mass is 217 g/mol. The number of rotatable bonds is 2. The van der Waals surface area contributed by atoms with Crippen LogP contribution in [-0.2, 0) is 6.61 Å². The van der Waals surface area contributed by atoms with Gasteiger partial charge in [-0.25, -0.2) is 4.39 Å². The number of aliphatic hydroxyl groups excluding tert-OH is 1.